The third-order valence-electron chi connectivity index (χ3n) is 3.53. The minimum atomic E-state index is -0.284. The predicted molar refractivity (Wildman–Crippen MR) is 84.4 cm³/mol. The van der Waals surface area contributed by atoms with Crippen LogP contribution in [0.15, 0.2) is 18.2 Å². The van der Waals surface area contributed by atoms with E-state index in [2.05, 4.69) is 10.3 Å². The molecular formula is C16H17ClN2O2. The number of ketones is 1. The molecule has 0 atom stereocenters. The summed E-state index contributed by atoms with van der Waals surface area (Å²) in [7, 11) is 0. The van der Waals surface area contributed by atoms with Gasteiger partial charge >= 0.3 is 0 Å². The van der Waals surface area contributed by atoms with Crippen LogP contribution in [-0.4, -0.2) is 16.7 Å². The molecule has 110 valence electrons. The van der Waals surface area contributed by atoms with Crippen molar-refractivity contribution in [1.29, 1.82) is 0 Å². The molecule has 0 bridgehead atoms. The van der Waals surface area contributed by atoms with E-state index in [9.17, 15) is 9.59 Å². The van der Waals surface area contributed by atoms with Gasteiger partial charge in [-0.3, -0.25) is 9.59 Å². The molecule has 2 N–H and O–H groups in total. The number of carbonyl (C=O) groups excluding carboxylic acids is 2. The number of carbonyl (C=O) groups is 2. The van der Waals surface area contributed by atoms with Crippen LogP contribution in [0.25, 0.3) is 0 Å². The van der Waals surface area contributed by atoms with E-state index >= 15 is 0 Å². The lowest BCUT2D eigenvalue weighted by Crippen LogP contribution is -2.14. The van der Waals surface area contributed by atoms with Gasteiger partial charge in [-0.15, -0.1) is 0 Å². The number of nitrogens with one attached hydrogen (secondary N) is 2. The predicted octanol–water partition coefficient (Wildman–Crippen LogP) is 4.05. The van der Waals surface area contributed by atoms with Crippen LogP contribution in [0.1, 0.15) is 44.6 Å². The third-order valence-corrected chi connectivity index (χ3v) is 3.94. The van der Waals surface area contributed by atoms with Crippen molar-refractivity contribution in [2.75, 3.05) is 5.32 Å². The Morgan fingerprint density at radius 1 is 1.14 bits per heavy atom. The maximum absolute atomic E-state index is 12.4. The SMILES string of the molecule is CC(=O)c1c(C)[nH]c(C(=O)Nc2cccc(Cl)c2C)c1C. The molecule has 0 aliphatic heterocycles. The van der Waals surface area contributed by atoms with Gasteiger partial charge in [0.1, 0.15) is 5.69 Å². The van der Waals surface area contributed by atoms with Crippen molar-refractivity contribution in [3.05, 3.63) is 51.3 Å². The first-order chi connectivity index (χ1) is 9.82. The van der Waals surface area contributed by atoms with E-state index in [1.165, 1.54) is 6.92 Å². The largest absolute Gasteiger partial charge is 0.354 e. The summed E-state index contributed by atoms with van der Waals surface area (Å²) in [5.41, 5.74) is 3.80. The highest BCUT2D eigenvalue weighted by Gasteiger charge is 2.20. The van der Waals surface area contributed by atoms with E-state index in [-0.39, 0.29) is 11.7 Å². The Kier molecular flexibility index (Phi) is 4.19. The monoisotopic (exact) mass is 304 g/mol. The van der Waals surface area contributed by atoms with Crippen molar-refractivity contribution in [2.45, 2.75) is 27.7 Å². The Morgan fingerprint density at radius 2 is 1.81 bits per heavy atom. The Bertz CT molecular complexity index is 732. The second-order valence-corrected chi connectivity index (χ2v) is 5.45. The highest BCUT2D eigenvalue weighted by Crippen LogP contribution is 2.24. The summed E-state index contributed by atoms with van der Waals surface area (Å²) in [6.45, 7) is 6.88. The standard InChI is InChI=1S/C16H17ClN2O2/c1-8-12(17)6-5-7-13(8)19-16(21)15-9(2)14(11(4)20)10(3)18-15/h5-7,18H,1-4H3,(H,19,21). The van der Waals surface area contributed by atoms with E-state index in [4.69, 9.17) is 11.6 Å². The molecular weight excluding hydrogens is 288 g/mol. The fourth-order valence-corrected chi connectivity index (χ4v) is 2.61. The molecule has 1 aromatic carbocycles. The fraction of sp³-hybridized carbons (Fsp3) is 0.250. The van der Waals surface area contributed by atoms with Crippen LogP contribution in [0.2, 0.25) is 5.02 Å². The number of H-pyrrole nitrogens is 1. The lowest BCUT2D eigenvalue weighted by atomic mass is 10.1. The van der Waals surface area contributed by atoms with Gasteiger partial charge < -0.3 is 10.3 Å². The first kappa shape index (κ1) is 15.3. The first-order valence-corrected chi connectivity index (χ1v) is 6.97. The molecule has 0 fully saturated rings. The maximum Gasteiger partial charge on any atom is 0.272 e. The fourth-order valence-electron chi connectivity index (χ4n) is 2.43. The average Bonchev–Trinajstić information content (AvgIpc) is 2.70. The van der Waals surface area contributed by atoms with Crippen LogP contribution in [0.3, 0.4) is 0 Å². The Balaban J connectivity index is 2.36. The number of rotatable bonds is 3. The lowest BCUT2D eigenvalue weighted by Gasteiger charge is -2.09. The molecule has 0 aliphatic carbocycles. The summed E-state index contributed by atoms with van der Waals surface area (Å²) in [6.07, 6.45) is 0. The summed E-state index contributed by atoms with van der Waals surface area (Å²) in [5, 5.41) is 3.42. The highest BCUT2D eigenvalue weighted by molar-refractivity contribution is 6.31. The summed E-state index contributed by atoms with van der Waals surface area (Å²) in [4.78, 5) is 27.0. The number of hydrogen-bond acceptors (Lipinski definition) is 2. The second kappa shape index (κ2) is 5.74. The average molecular weight is 305 g/mol. The molecule has 1 heterocycles. The summed E-state index contributed by atoms with van der Waals surface area (Å²) in [6, 6.07) is 5.33. The van der Waals surface area contributed by atoms with E-state index < -0.39 is 0 Å². The molecule has 0 saturated carbocycles. The maximum atomic E-state index is 12.4. The number of aromatic nitrogens is 1. The first-order valence-electron chi connectivity index (χ1n) is 6.59. The smallest absolute Gasteiger partial charge is 0.272 e. The van der Waals surface area contributed by atoms with Gasteiger partial charge in [0, 0.05) is 22.0 Å². The number of amides is 1. The van der Waals surface area contributed by atoms with Crippen molar-refractivity contribution in [3.8, 4) is 0 Å². The lowest BCUT2D eigenvalue weighted by molar-refractivity contribution is 0.101. The van der Waals surface area contributed by atoms with E-state index in [1.54, 1.807) is 32.0 Å². The Labute approximate surface area is 128 Å². The van der Waals surface area contributed by atoms with Crippen LogP contribution in [0.4, 0.5) is 5.69 Å². The zero-order valence-electron chi connectivity index (χ0n) is 12.4. The molecule has 21 heavy (non-hydrogen) atoms. The van der Waals surface area contributed by atoms with Gasteiger partial charge in [0.05, 0.1) is 0 Å². The molecule has 0 radical (unpaired) electrons. The molecule has 2 rings (SSSR count). The zero-order valence-corrected chi connectivity index (χ0v) is 13.2. The van der Waals surface area contributed by atoms with Gasteiger partial charge in [-0.25, -0.2) is 0 Å². The van der Waals surface area contributed by atoms with Gasteiger partial charge in [-0.05, 0) is 51.0 Å². The summed E-state index contributed by atoms with van der Waals surface area (Å²) < 4.78 is 0. The second-order valence-electron chi connectivity index (χ2n) is 5.05. The van der Waals surface area contributed by atoms with E-state index in [0.29, 0.717) is 33.2 Å². The van der Waals surface area contributed by atoms with Gasteiger partial charge in [0.2, 0.25) is 0 Å². The number of halogens is 1. The van der Waals surface area contributed by atoms with Gasteiger partial charge in [0.15, 0.2) is 5.78 Å². The summed E-state index contributed by atoms with van der Waals surface area (Å²) in [5.74, 6) is -0.340. The molecule has 4 nitrogen and oxygen atoms in total. The number of anilines is 1. The van der Waals surface area contributed by atoms with Crippen LogP contribution >= 0.6 is 11.6 Å². The normalized spacial score (nSPS) is 10.5. The number of Topliss-reactive ketones (excluding diaryl/α,β-unsaturated/α-hetero) is 1. The Morgan fingerprint density at radius 3 is 2.38 bits per heavy atom. The van der Waals surface area contributed by atoms with Crippen molar-refractivity contribution < 1.29 is 9.59 Å². The van der Waals surface area contributed by atoms with Crippen molar-refractivity contribution in [1.82, 2.24) is 4.98 Å². The van der Waals surface area contributed by atoms with Crippen LogP contribution in [0.5, 0.6) is 0 Å². The van der Waals surface area contributed by atoms with Crippen LogP contribution < -0.4 is 5.32 Å². The van der Waals surface area contributed by atoms with Gasteiger partial charge in [0.25, 0.3) is 5.91 Å². The molecule has 5 heteroatoms. The topological polar surface area (TPSA) is 62.0 Å². The zero-order chi connectivity index (χ0) is 15.7. The molecule has 1 aromatic heterocycles. The Hall–Kier alpha value is -2.07. The van der Waals surface area contributed by atoms with Crippen molar-refractivity contribution in [2.24, 2.45) is 0 Å². The minimum absolute atomic E-state index is 0.0563. The molecule has 0 saturated heterocycles. The molecule has 2 aromatic rings. The highest BCUT2D eigenvalue weighted by atomic mass is 35.5. The molecule has 0 spiro atoms. The third kappa shape index (κ3) is 2.85. The van der Waals surface area contributed by atoms with E-state index in [1.807, 2.05) is 6.92 Å². The number of hydrogen-bond donors (Lipinski definition) is 2. The minimum Gasteiger partial charge on any atom is -0.354 e. The number of aromatic amines is 1. The summed E-state index contributed by atoms with van der Waals surface area (Å²) >= 11 is 6.04. The van der Waals surface area contributed by atoms with Gasteiger partial charge in [-0.2, -0.15) is 0 Å². The molecule has 0 unspecified atom stereocenters. The number of aryl methyl sites for hydroxylation is 1. The quantitative estimate of drug-likeness (QED) is 0.840. The molecule has 1 amide bonds. The van der Waals surface area contributed by atoms with Crippen LogP contribution in [0, 0.1) is 20.8 Å². The van der Waals surface area contributed by atoms with Gasteiger partial charge in [-0.1, -0.05) is 17.7 Å². The van der Waals surface area contributed by atoms with Crippen molar-refractivity contribution in [3.63, 3.8) is 0 Å². The number of benzene rings is 1. The van der Waals surface area contributed by atoms with Crippen LogP contribution in [-0.2, 0) is 0 Å². The van der Waals surface area contributed by atoms with Crippen molar-refractivity contribution >= 4 is 29.0 Å². The van der Waals surface area contributed by atoms with E-state index in [0.717, 1.165) is 5.56 Å². The molecule has 0 aliphatic rings.